The molecular formula is C20H24ClN3O4S. The number of thiophene rings is 1. The van der Waals surface area contributed by atoms with E-state index in [2.05, 4.69) is 10.9 Å². The highest BCUT2D eigenvalue weighted by Gasteiger charge is 2.21. The van der Waals surface area contributed by atoms with Crippen molar-refractivity contribution in [1.82, 2.24) is 15.8 Å². The summed E-state index contributed by atoms with van der Waals surface area (Å²) in [5.74, 6) is -0.216. The Morgan fingerprint density at radius 3 is 2.69 bits per heavy atom. The van der Waals surface area contributed by atoms with E-state index in [9.17, 15) is 9.59 Å². The van der Waals surface area contributed by atoms with Crippen molar-refractivity contribution in [1.29, 1.82) is 0 Å². The fraction of sp³-hybridized carbons (Fsp3) is 0.400. The van der Waals surface area contributed by atoms with Crippen LogP contribution in [0, 0.1) is 0 Å². The maximum absolute atomic E-state index is 12.3. The lowest BCUT2D eigenvalue weighted by molar-refractivity contribution is -0.130. The first-order chi connectivity index (χ1) is 14.1. The molecule has 1 atom stereocenters. The van der Waals surface area contributed by atoms with E-state index < -0.39 is 5.91 Å². The predicted molar refractivity (Wildman–Crippen MR) is 112 cm³/mol. The Morgan fingerprint density at radius 1 is 1.21 bits per heavy atom. The zero-order valence-corrected chi connectivity index (χ0v) is 17.5. The molecule has 2 aromatic rings. The summed E-state index contributed by atoms with van der Waals surface area (Å²) < 4.78 is 11.0. The van der Waals surface area contributed by atoms with Gasteiger partial charge in [0.15, 0.2) is 6.61 Å². The number of hydrazine groups is 1. The number of hydrogen-bond donors (Lipinski definition) is 2. The third kappa shape index (κ3) is 7.66. The van der Waals surface area contributed by atoms with Gasteiger partial charge in [-0.2, -0.15) is 0 Å². The summed E-state index contributed by atoms with van der Waals surface area (Å²) >= 11 is 7.46. The Bertz CT molecular complexity index is 780. The average molecular weight is 438 g/mol. The fourth-order valence-electron chi connectivity index (χ4n) is 2.98. The summed E-state index contributed by atoms with van der Waals surface area (Å²) in [5, 5.41) is 2.60. The van der Waals surface area contributed by atoms with Crippen LogP contribution in [-0.4, -0.2) is 49.1 Å². The third-order valence-corrected chi connectivity index (χ3v) is 5.45. The Labute approximate surface area is 178 Å². The molecule has 3 rings (SSSR count). The summed E-state index contributed by atoms with van der Waals surface area (Å²) in [6.07, 6.45) is 2.19. The van der Waals surface area contributed by atoms with Gasteiger partial charge in [0.05, 0.1) is 12.6 Å². The van der Waals surface area contributed by atoms with Crippen LogP contribution < -0.4 is 15.6 Å². The van der Waals surface area contributed by atoms with Crippen molar-refractivity contribution in [3.05, 3.63) is 51.7 Å². The quantitative estimate of drug-likeness (QED) is 0.589. The summed E-state index contributed by atoms with van der Waals surface area (Å²) in [6.45, 7) is 2.07. The van der Waals surface area contributed by atoms with Gasteiger partial charge in [0, 0.05) is 29.6 Å². The van der Waals surface area contributed by atoms with Gasteiger partial charge in [-0.1, -0.05) is 17.7 Å². The summed E-state index contributed by atoms with van der Waals surface area (Å²) in [7, 11) is 0. The van der Waals surface area contributed by atoms with Gasteiger partial charge in [0.1, 0.15) is 5.75 Å². The minimum atomic E-state index is -0.447. The molecule has 29 heavy (non-hydrogen) atoms. The molecule has 7 nitrogen and oxygen atoms in total. The van der Waals surface area contributed by atoms with E-state index in [1.54, 1.807) is 35.6 Å². The molecule has 0 spiro atoms. The molecular weight excluding hydrogens is 414 g/mol. The molecule has 0 bridgehead atoms. The molecule has 1 saturated heterocycles. The van der Waals surface area contributed by atoms with Gasteiger partial charge in [-0.05, 0) is 48.6 Å². The van der Waals surface area contributed by atoms with Crippen LogP contribution in [0.15, 0.2) is 41.8 Å². The molecule has 0 unspecified atom stereocenters. The van der Waals surface area contributed by atoms with Crippen molar-refractivity contribution in [2.45, 2.75) is 25.5 Å². The maximum Gasteiger partial charge on any atom is 0.276 e. The second-order valence-electron chi connectivity index (χ2n) is 6.72. The average Bonchev–Trinajstić information content (AvgIpc) is 3.40. The van der Waals surface area contributed by atoms with Gasteiger partial charge in [-0.3, -0.25) is 25.3 Å². The number of benzene rings is 1. The molecule has 1 aromatic heterocycles. The predicted octanol–water partition coefficient (Wildman–Crippen LogP) is 2.61. The largest absolute Gasteiger partial charge is 0.484 e. The number of ether oxygens (including phenoxy) is 2. The molecule has 1 aromatic carbocycles. The number of amides is 2. The van der Waals surface area contributed by atoms with E-state index in [0.29, 0.717) is 23.9 Å². The Balaban J connectivity index is 1.42. The first-order valence-electron chi connectivity index (χ1n) is 9.41. The second-order valence-corrected chi connectivity index (χ2v) is 8.19. The number of nitrogens with one attached hydrogen (secondary N) is 2. The number of halogens is 1. The van der Waals surface area contributed by atoms with Crippen LogP contribution in [0.25, 0.3) is 0 Å². The van der Waals surface area contributed by atoms with E-state index in [1.807, 2.05) is 22.4 Å². The molecule has 9 heteroatoms. The standard InChI is InChI=1S/C20H24ClN3O4S/c21-15-5-7-16(8-6-15)28-14-20(26)23-22-19(25)13-24(11-17-3-1-9-27-17)12-18-4-2-10-29-18/h2,4-8,10,17H,1,3,9,11-14H2,(H,22,25)(H,23,26)/t17-/m1/s1. The van der Waals surface area contributed by atoms with Crippen LogP contribution in [0.2, 0.25) is 5.02 Å². The van der Waals surface area contributed by atoms with E-state index in [-0.39, 0.29) is 25.2 Å². The van der Waals surface area contributed by atoms with Gasteiger partial charge in [0.25, 0.3) is 11.8 Å². The first kappa shape index (κ1) is 21.6. The van der Waals surface area contributed by atoms with Crippen LogP contribution in [0.4, 0.5) is 0 Å². The number of nitrogens with zero attached hydrogens (tertiary/aromatic N) is 1. The monoisotopic (exact) mass is 437 g/mol. The Hall–Kier alpha value is -2.13. The molecule has 1 aliphatic heterocycles. The lowest BCUT2D eigenvalue weighted by Gasteiger charge is -2.24. The topological polar surface area (TPSA) is 79.9 Å². The molecule has 0 aliphatic carbocycles. The van der Waals surface area contributed by atoms with E-state index >= 15 is 0 Å². The molecule has 0 radical (unpaired) electrons. The van der Waals surface area contributed by atoms with Crippen molar-refractivity contribution in [3.8, 4) is 5.75 Å². The molecule has 0 saturated carbocycles. The summed E-state index contributed by atoms with van der Waals surface area (Å²) in [4.78, 5) is 27.4. The summed E-state index contributed by atoms with van der Waals surface area (Å²) in [6, 6.07) is 10.7. The van der Waals surface area contributed by atoms with Crippen LogP contribution in [0.5, 0.6) is 5.75 Å². The highest BCUT2D eigenvalue weighted by Crippen LogP contribution is 2.17. The Kier molecular flexibility index (Phi) is 8.30. The zero-order valence-electron chi connectivity index (χ0n) is 15.9. The second kappa shape index (κ2) is 11.2. The highest BCUT2D eigenvalue weighted by molar-refractivity contribution is 7.09. The van der Waals surface area contributed by atoms with Crippen LogP contribution in [0.1, 0.15) is 17.7 Å². The normalized spacial score (nSPS) is 16.0. The number of carbonyl (C=O) groups excluding carboxylic acids is 2. The zero-order chi connectivity index (χ0) is 20.5. The molecule has 2 amide bonds. The third-order valence-electron chi connectivity index (χ3n) is 4.34. The van der Waals surface area contributed by atoms with Crippen molar-refractivity contribution in [2.75, 3.05) is 26.3 Å². The van der Waals surface area contributed by atoms with Crippen molar-refractivity contribution >= 4 is 34.8 Å². The van der Waals surface area contributed by atoms with Gasteiger partial charge < -0.3 is 9.47 Å². The Morgan fingerprint density at radius 2 is 2.00 bits per heavy atom. The van der Waals surface area contributed by atoms with E-state index in [4.69, 9.17) is 21.1 Å². The number of rotatable bonds is 9. The van der Waals surface area contributed by atoms with Crippen molar-refractivity contribution < 1.29 is 19.1 Å². The lowest BCUT2D eigenvalue weighted by atomic mass is 10.2. The van der Waals surface area contributed by atoms with Gasteiger partial charge in [0.2, 0.25) is 0 Å². The highest BCUT2D eigenvalue weighted by atomic mass is 35.5. The van der Waals surface area contributed by atoms with Crippen molar-refractivity contribution in [3.63, 3.8) is 0 Å². The smallest absolute Gasteiger partial charge is 0.276 e. The molecule has 2 heterocycles. The van der Waals surface area contributed by atoms with E-state index in [0.717, 1.165) is 19.4 Å². The van der Waals surface area contributed by atoms with Gasteiger partial charge >= 0.3 is 0 Å². The molecule has 1 fully saturated rings. The fourth-order valence-corrected chi connectivity index (χ4v) is 3.85. The van der Waals surface area contributed by atoms with E-state index in [1.165, 1.54) is 4.88 Å². The number of hydrogen-bond acceptors (Lipinski definition) is 6. The maximum atomic E-state index is 12.3. The minimum absolute atomic E-state index is 0.144. The molecule has 156 valence electrons. The summed E-state index contributed by atoms with van der Waals surface area (Å²) in [5.41, 5.74) is 4.82. The van der Waals surface area contributed by atoms with Gasteiger partial charge in [-0.25, -0.2) is 0 Å². The van der Waals surface area contributed by atoms with Crippen LogP contribution in [-0.2, 0) is 20.9 Å². The molecule has 1 aliphatic rings. The van der Waals surface area contributed by atoms with Crippen LogP contribution >= 0.6 is 22.9 Å². The first-order valence-corrected chi connectivity index (χ1v) is 10.7. The van der Waals surface area contributed by atoms with Gasteiger partial charge in [-0.15, -0.1) is 11.3 Å². The SMILES string of the molecule is O=C(COc1ccc(Cl)cc1)NNC(=O)CN(Cc1cccs1)C[C@H]1CCCO1. The lowest BCUT2D eigenvalue weighted by Crippen LogP contribution is -2.48. The number of carbonyl (C=O) groups is 2. The molecule has 2 N–H and O–H groups in total. The van der Waals surface area contributed by atoms with Crippen molar-refractivity contribution in [2.24, 2.45) is 0 Å². The minimum Gasteiger partial charge on any atom is -0.484 e. The van der Waals surface area contributed by atoms with Crippen LogP contribution in [0.3, 0.4) is 0 Å².